The summed E-state index contributed by atoms with van der Waals surface area (Å²) in [6, 6.07) is 5.56. The van der Waals surface area contributed by atoms with Crippen molar-refractivity contribution in [1.29, 1.82) is 0 Å². The van der Waals surface area contributed by atoms with Crippen molar-refractivity contribution in [3.63, 3.8) is 0 Å². The van der Waals surface area contributed by atoms with Crippen LogP contribution in [0.1, 0.15) is 25.5 Å². The number of hydrogen-bond donors (Lipinski definition) is 2. The van der Waals surface area contributed by atoms with Gasteiger partial charge in [-0.2, -0.15) is 0 Å². The monoisotopic (exact) mass is 519 g/mol. The van der Waals surface area contributed by atoms with Crippen LogP contribution in [0.2, 0.25) is 0 Å². The van der Waals surface area contributed by atoms with Crippen molar-refractivity contribution in [2.75, 3.05) is 58.4 Å². The normalized spacial score (nSPS) is 16.4. The Labute approximate surface area is 190 Å². The molecule has 1 aromatic heterocycles. The van der Waals surface area contributed by atoms with E-state index in [9.17, 15) is 4.79 Å². The molecule has 0 aliphatic carbocycles. The van der Waals surface area contributed by atoms with Crippen LogP contribution in [0.3, 0.4) is 0 Å². The number of hydrogen-bond acceptors (Lipinski definition) is 5. The van der Waals surface area contributed by atoms with Crippen LogP contribution in [0, 0.1) is 12.8 Å². The molecule has 8 nitrogen and oxygen atoms in total. The third-order valence-electron chi connectivity index (χ3n) is 4.46. The highest BCUT2D eigenvalue weighted by molar-refractivity contribution is 14.0. The van der Waals surface area contributed by atoms with Crippen LogP contribution in [0.4, 0.5) is 5.82 Å². The number of carbonyl (C=O) groups is 1. The molecule has 1 atom stereocenters. The lowest BCUT2D eigenvalue weighted by Gasteiger charge is -2.21. The van der Waals surface area contributed by atoms with Gasteiger partial charge in [-0.05, 0) is 32.4 Å². The van der Waals surface area contributed by atoms with Crippen molar-refractivity contribution in [2.24, 2.45) is 10.9 Å². The number of anilines is 1. The highest BCUT2D eigenvalue weighted by Gasteiger charge is 2.24. The molecule has 1 amide bonds. The summed E-state index contributed by atoms with van der Waals surface area (Å²) in [5, 5.41) is 6.14. The smallest absolute Gasteiger partial charge is 0.227 e. The van der Waals surface area contributed by atoms with Crippen LogP contribution in [0.15, 0.2) is 23.2 Å². The number of carbonyl (C=O) groups excluding carboxylic acids is 1. The lowest BCUT2D eigenvalue weighted by molar-refractivity contribution is -0.116. The number of nitrogens with zero attached hydrogens (tertiary/aromatic N) is 3. The highest BCUT2D eigenvalue weighted by atomic mass is 127. The maximum Gasteiger partial charge on any atom is 0.227 e. The second kappa shape index (κ2) is 14.5. The predicted molar refractivity (Wildman–Crippen MR) is 126 cm³/mol. The zero-order valence-electron chi connectivity index (χ0n) is 17.6. The Morgan fingerprint density at radius 2 is 2.21 bits per heavy atom. The lowest BCUT2D eigenvalue weighted by Crippen LogP contribution is -2.40. The number of rotatable bonds is 10. The van der Waals surface area contributed by atoms with E-state index in [0.29, 0.717) is 37.9 Å². The van der Waals surface area contributed by atoms with Gasteiger partial charge in [-0.3, -0.25) is 9.79 Å². The molecule has 0 aromatic carbocycles. The van der Waals surface area contributed by atoms with E-state index in [1.54, 1.807) is 13.2 Å². The average Bonchev–Trinajstić information content (AvgIpc) is 3.13. The summed E-state index contributed by atoms with van der Waals surface area (Å²) in [5.74, 6) is 1.86. The van der Waals surface area contributed by atoms with E-state index in [1.165, 1.54) is 0 Å². The standard InChI is InChI=1S/C20H33N5O3.HI/c1-4-21-20(25-11-9-17(14-25)15-28-13-12-27-3)22-10-8-19(26)24-18-7-5-6-16(2)23-18;/h5-7,17H,4,8-15H2,1-3H3,(H,21,22)(H,23,24,26);1H. The Morgan fingerprint density at radius 3 is 2.93 bits per heavy atom. The topological polar surface area (TPSA) is 88.1 Å². The molecule has 0 spiro atoms. The molecule has 2 heterocycles. The molecule has 2 rings (SSSR count). The first-order valence-corrected chi connectivity index (χ1v) is 9.95. The Kier molecular flexibility index (Phi) is 12.8. The van der Waals surface area contributed by atoms with Crippen LogP contribution >= 0.6 is 24.0 Å². The van der Waals surface area contributed by atoms with E-state index in [1.807, 2.05) is 26.0 Å². The van der Waals surface area contributed by atoms with Crippen LogP contribution in [0.25, 0.3) is 0 Å². The fourth-order valence-corrected chi connectivity index (χ4v) is 3.06. The van der Waals surface area contributed by atoms with Crippen LogP contribution in [-0.4, -0.2) is 74.9 Å². The molecule has 2 N–H and O–H groups in total. The van der Waals surface area contributed by atoms with Crippen LogP contribution < -0.4 is 10.6 Å². The lowest BCUT2D eigenvalue weighted by atomic mass is 10.1. The third kappa shape index (κ3) is 9.72. The summed E-state index contributed by atoms with van der Waals surface area (Å²) >= 11 is 0. The van der Waals surface area contributed by atoms with Crippen molar-refractivity contribution < 1.29 is 14.3 Å². The first-order chi connectivity index (χ1) is 13.6. The van der Waals surface area contributed by atoms with Crippen LogP contribution in [0.5, 0.6) is 0 Å². The van der Waals surface area contributed by atoms with Crippen molar-refractivity contribution in [2.45, 2.75) is 26.7 Å². The van der Waals surface area contributed by atoms with Gasteiger partial charge in [0.05, 0.1) is 26.4 Å². The number of aliphatic imine (C=N–C) groups is 1. The summed E-state index contributed by atoms with van der Waals surface area (Å²) in [6.07, 6.45) is 1.40. The Hall–Kier alpha value is -1.46. The van der Waals surface area contributed by atoms with Crippen LogP contribution in [-0.2, 0) is 14.3 Å². The first-order valence-electron chi connectivity index (χ1n) is 9.95. The minimum absolute atomic E-state index is 0. The fourth-order valence-electron chi connectivity index (χ4n) is 3.06. The highest BCUT2D eigenvalue weighted by Crippen LogP contribution is 2.16. The molecule has 1 fully saturated rings. The maximum atomic E-state index is 12.1. The second-order valence-corrected chi connectivity index (χ2v) is 6.87. The van der Waals surface area contributed by atoms with Crippen molar-refractivity contribution in [3.05, 3.63) is 23.9 Å². The summed E-state index contributed by atoms with van der Waals surface area (Å²) in [5.41, 5.74) is 0.875. The number of methoxy groups -OCH3 is 1. The molecule has 1 aromatic rings. The Morgan fingerprint density at radius 1 is 1.38 bits per heavy atom. The van der Waals surface area contributed by atoms with Gasteiger partial charge in [-0.25, -0.2) is 4.98 Å². The molecule has 164 valence electrons. The molecule has 1 unspecified atom stereocenters. The third-order valence-corrected chi connectivity index (χ3v) is 4.46. The van der Waals surface area contributed by atoms with Gasteiger partial charge in [0, 0.05) is 44.8 Å². The first kappa shape index (κ1) is 25.6. The summed E-state index contributed by atoms with van der Waals surface area (Å²) in [6.45, 7) is 9.04. The van der Waals surface area contributed by atoms with Gasteiger partial charge in [-0.15, -0.1) is 24.0 Å². The minimum atomic E-state index is -0.0801. The number of nitrogens with one attached hydrogen (secondary N) is 2. The van der Waals surface area contributed by atoms with E-state index in [2.05, 4.69) is 25.5 Å². The van der Waals surface area contributed by atoms with Gasteiger partial charge in [0.15, 0.2) is 5.96 Å². The number of ether oxygens (including phenoxy) is 2. The number of halogens is 1. The van der Waals surface area contributed by atoms with E-state index >= 15 is 0 Å². The molecule has 9 heteroatoms. The summed E-state index contributed by atoms with van der Waals surface area (Å²) in [7, 11) is 1.68. The molecule has 0 bridgehead atoms. The van der Waals surface area contributed by atoms with Crippen molar-refractivity contribution >= 4 is 41.7 Å². The number of amides is 1. The van der Waals surface area contributed by atoms with E-state index in [4.69, 9.17) is 9.47 Å². The van der Waals surface area contributed by atoms with Crippen molar-refractivity contribution in [1.82, 2.24) is 15.2 Å². The predicted octanol–water partition coefficient (Wildman–Crippen LogP) is 2.29. The molecule has 1 saturated heterocycles. The Balaban J connectivity index is 0.00000420. The summed E-state index contributed by atoms with van der Waals surface area (Å²) in [4.78, 5) is 23.3. The van der Waals surface area contributed by atoms with E-state index in [0.717, 1.165) is 44.3 Å². The number of aryl methyl sites for hydroxylation is 1. The molecule has 1 aliphatic heterocycles. The quantitative estimate of drug-likeness (QED) is 0.214. The SMILES string of the molecule is CCNC(=NCCC(=O)Nc1cccc(C)n1)N1CCC(COCCOC)C1.I. The molecule has 1 aliphatic rings. The molecular weight excluding hydrogens is 485 g/mol. The minimum Gasteiger partial charge on any atom is -0.382 e. The fraction of sp³-hybridized carbons (Fsp3) is 0.650. The zero-order valence-corrected chi connectivity index (χ0v) is 20.0. The van der Waals surface area contributed by atoms with Crippen molar-refractivity contribution in [3.8, 4) is 0 Å². The van der Waals surface area contributed by atoms with Gasteiger partial charge < -0.3 is 25.0 Å². The Bertz CT molecular complexity index is 644. The zero-order chi connectivity index (χ0) is 20.2. The molecular formula is C20H34IN5O3. The largest absolute Gasteiger partial charge is 0.382 e. The van der Waals surface area contributed by atoms with Gasteiger partial charge in [0.2, 0.25) is 5.91 Å². The van der Waals surface area contributed by atoms with Gasteiger partial charge in [-0.1, -0.05) is 6.07 Å². The number of guanidine groups is 1. The second-order valence-electron chi connectivity index (χ2n) is 6.87. The molecule has 29 heavy (non-hydrogen) atoms. The molecule has 0 radical (unpaired) electrons. The maximum absolute atomic E-state index is 12.1. The number of aromatic nitrogens is 1. The average molecular weight is 519 g/mol. The number of pyridine rings is 1. The van der Waals surface area contributed by atoms with Gasteiger partial charge >= 0.3 is 0 Å². The van der Waals surface area contributed by atoms with Gasteiger partial charge in [0.25, 0.3) is 0 Å². The van der Waals surface area contributed by atoms with E-state index < -0.39 is 0 Å². The summed E-state index contributed by atoms with van der Waals surface area (Å²) < 4.78 is 10.7. The van der Waals surface area contributed by atoms with E-state index in [-0.39, 0.29) is 29.9 Å². The van der Waals surface area contributed by atoms with Gasteiger partial charge in [0.1, 0.15) is 5.82 Å². The number of likely N-dealkylation sites (tertiary alicyclic amines) is 1. The molecule has 0 saturated carbocycles.